The van der Waals surface area contributed by atoms with Gasteiger partial charge in [0.1, 0.15) is 11.4 Å². The maximum absolute atomic E-state index is 13.6. The summed E-state index contributed by atoms with van der Waals surface area (Å²) in [5.41, 5.74) is 3.22. The summed E-state index contributed by atoms with van der Waals surface area (Å²) in [6.45, 7) is 2.80. The van der Waals surface area contributed by atoms with Crippen LogP contribution < -0.4 is 9.64 Å². The van der Waals surface area contributed by atoms with Gasteiger partial charge < -0.3 is 4.74 Å². The fourth-order valence-electron chi connectivity index (χ4n) is 3.34. The number of pyridine rings is 1. The number of para-hydroxylation sites is 2. The first-order valence-corrected chi connectivity index (χ1v) is 11.0. The maximum Gasteiger partial charge on any atom is 0.280 e. The van der Waals surface area contributed by atoms with Crippen LogP contribution in [0.15, 0.2) is 73.1 Å². The van der Waals surface area contributed by atoms with Crippen molar-refractivity contribution in [3.8, 4) is 5.75 Å². The Balaban J connectivity index is 1.56. The summed E-state index contributed by atoms with van der Waals surface area (Å²) in [6.07, 6.45) is 3.22. The lowest BCUT2D eigenvalue weighted by Crippen LogP contribution is -2.31. The molecule has 0 aliphatic carbocycles. The van der Waals surface area contributed by atoms with Gasteiger partial charge in [0.2, 0.25) is 0 Å². The Morgan fingerprint density at radius 1 is 0.969 bits per heavy atom. The van der Waals surface area contributed by atoms with Gasteiger partial charge in [0.15, 0.2) is 5.13 Å². The largest absolute Gasteiger partial charge is 0.494 e. The first-order valence-electron chi connectivity index (χ1n) is 10.2. The molecular formula is C24H19N5O2S. The summed E-state index contributed by atoms with van der Waals surface area (Å²) in [4.78, 5) is 33.2. The molecule has 32 heavy (non-hydrogen) atoms. The van der Waals surface area contributed by atoms with Crippen molar-refractivity contribution in [2.75, 3.05) is 11.5 Å². The number of ether oxygens (including phenoxy) is 1. The lowest BCUT2D eigenvalue weighted by molar-refractivity contribution is 0.0980. The molecule has 5 rings (SSSR count). The minimum atomic E-state index is -0.280. The number of benzene rings is 2. The van der Waals surface area contributed by atoms with Crippen molar-refractivity contribution in [3.63, 3.8) is 0 Å². The quantitative estimate of drug-likeness (QED) is 0.374. The average Bonchev–Trinajstić information content (AvgIpc) is 3.26. The molecular weight excluding hydrogens is 422 g/mol. The standard InChI is InChI=1S/C24H19N5O2S/c1-2-31-17-10-11-20-22(13-17)32-24(28-20)29(15-16-7-5-6-12-25-16)23(30)21-14-26-18-8-3-4-9-19(18)27-21/h3-14H,2,15H2,1H3. The summed E-state index contributed by atoms with van der Waals surface area (Å²) >= 11 is 1.43. The molecule has 3 aromatic heterocycles. The number of nitrogens with zero attached hydrogens (tertiary/aromatic N) is 5. The Morgan fingerprint density at radius 2 is 1.81 bits per heavy atom. The Labute approximate surface area is 188 Å². The van der Waals surface area contributed by atoms with Crippen molar-refractivity contribution < 1.29 is 9.53 Å². The van der Waals surface area contributed by atoms with Gasteiger partial charge in [-0.05, 0) is 49.4 Å². The highest BCUT2D eigenvalue weighted by molar-refractivity contribution is 7.22. The van der Waals surface area contributed by atoms with Crippen LogP contribution in [0.5, 0.6) is 5.75 Å². The minimum Gasteiger partial charge on any atom is -0.494 e. The van der Waals surface area contributed by atoms with Gasteiger partial charge in [0.05, 0.1) is 46.3 Å². The highest BCUT2D eigenvalue weighted by Crippen LogP contribution is 2.33. The van der Waals surface area contributed by atoms with Crippen molar-refractivity contribution in [1.29, 1.82) is 0 Å². The first kappa shape index (κ1) is 20.0. The molecule has 1 amide bonds. The molecule has 0 unspecified atom stereocenters. The molecule has 158 valence electrons. The Hall–Kier alpha value is -3.91. The van der Waals surface area contributed by atoms with E-state index >= 15 is 0 Å². The number of hydrogen-bond acceptors (Lipinski definition) is 7. The molecule has 2 aromatic carbocycles. The zero-order valence-electron chi connectivity index (χ0n) is 17.3. The number of carbonyl (C=O) groups is 1. The third-order valence-corrected chi connectivity index (χ3v) is 5.89. The van der Waals surface area contributed by atoms with E-state index in [0.717, 1.165) is 27.2 Å². The van der Waals surface area contributed by atoms with Gasteiger partial charge in [-0.25, -0.2) is 9.97 Å². The highest BCUT2D eigenvalue weighted by Gasteiger charge is 2.24. The number of thiazole rings is 1. The molecule has 0 saturated heterocycles. The number of aromatic nitrogens is 4. The molecule has 0 saturated carbocycles. The van der Waals surface area contributed by atoms with Crippen molar-refractivity contribution in [3.05, 3.63) is 84.4 Å². The zero-order valence-corrected chi connectivity index (χ0v) is 18.1. The van der Waals surface area contributed by atoms with Crippen LogP contribution in [0.4, 0.5) is 5.13 Å². The molecule has 8 heteroatoms. The smallest absolute Gasteiger partial charge is 0.280 e. The Kier molecular flexibility index (Phi) is 5.43. The van der Waals surface area contributed by atoms with Crippen molar-refractivity contribution in [1.82, 2.24) is 19.9 Å². The number of rotatable bonds is 6. The minimum absolute atomic E-state index is 0.258. The van der Waals surface area contributed by atoms with E-state index in [9.17, 15) is 4.79 Å². The van der Waals surface area contributed by atoms with Crippen LogP contribution >= 0.6 is 11.3 Å². The van der Waals surface area contributed by atoms with E-state index in [1.54, 1.807) is 11.1 Å². The van der Waals surface area contributed by atoms with Gasteiger partial charge in [-0.1, -0.05) is 29.5 Å². The number of fused-ring (bicyclic) bond motifs is 2. The molecule has 7 nitrogen and oxygen atoms in total. The van der Waals surface area contributed by atoms with E-state index in [1.807, 2.05) is 67.6 Å². The molecule has 0 radical (unpaired) electrons. The normalized spacial score (nSPS) is 11.0. The molecule has 0 fully saturated rings. The topological polar surface area (TPSA) is 81.1 Å². The number of hydrogen-bond donors (Lipinski definition) is 0. The van der Waals surface area contributed by atoms with Crippen LogP contribution in [-0.2, 0) is 6.54 Å². The number of carbonyl (C=O) groups excluding carboxylic acids is 1. The van der Waals surface area contributed by atoms with E-state index < -0.39 is 0 Å². The molecule has 5 aromatic rings. The Bertz CT molecular complexity index is 1400. The van der Waals surface area contributed by atoms with Gasteiger partial charge in [-0.3, -0.25) is 19.7 Å². The second-order valence-electron chi connectivity index (χ2n) is 7.02. The molecule has 0 aliphatic heterocycles. The second-order valence-corrected chi connectivity index (χ2v) is 8.02. The second kappa shape index (κ2) is 8.68. The van der Waals surface area contributed by atoms with E-state index in [0.29, 0.717) is 17.3 Å². The van der Waals surface area contributed by atoms with Crippen molar-refractivity contribution in [2.45, 2.75) is 13.5 Å². The zero-order chi connectivity index (χ0) is 21.9. The van der Waals surface area contributed by atoms with Crippen LogP contribution in [0, 0.1) is 0 Å². The van der Waals surface area contributed by atoms with Crippen LogP contribution in [0.25, 0.3) is 21.3 Å². The summed E-state index contributed by atoms with van der Waals surface area (Å²) < 4.78 is 6.55. The van der Waals surface area contributed by atoms with Gasteiger partial charge >= 0.3 is 0 Å². The molecule has 0 aliphatic rings. The summed E-state index contributed by atoms with van der Waals surface area (Å²) in [7, 11) is 0. The van der Waals surface area contributed by atoms with Gasteiger partial charge in [0, 0.05) is 6.20 Å². The van der Waals surface area contributed by atoms with Crippen LogP contribution in [0.3, 0.4) is 0 Å². The van der Waals surface area contributed by atoms with Crippen LogP contribution in [0.2, 0.25) is 0 Å². The molecule has 0 atom stereocenters. The van der Waals surface area contributed by atoms with Crippen molar-refractivity contribution in [2.24, 2.45) is 0 Å². The molecule has 3 heterocycles. The predicted molar refractivity (Wildman–Crippen MR) is 125 cm³/mol. The van der Waals surface area contributed by atoms with Crippen molar-refractivity contribution >= 4 is 43.6 Å². The average molecular weight is 442 g/mol. The molecule has 0 spiro atoms. The van der Waals surface area contributed by atoms with Gasteiger partial charge in [0.25, 0.3) is 5.91 Å². The highest BCUT2D eigenvalue weighted by atomic mass is 32.1. The van der Waals surface area contributed by atoms with E-state index in [2.05, 4.69) is 15.0 Å². The molecule has 0 N–H and O–H groups in total. The lowest BCUT2D eigenvalue weighted by Gasteiger charge is -2.19. The number of amides is 1. The fourth-order valence-corrected chi connectivity index (χ4v) is 4.33. The monoisotopic (exact) mass is 441 g/mol. The third kappa shape index (κ3) is 4.00. The Morgan fingerprint density at radius 3 is 2.62 bits per heavy atom. The van der Waals surface area contributed by atoms with Gasteiger partial charge in [-0.2, -0.15) is 0 Å². The van der Waals surface area contributed by atoms with E-state index in [4.69, 9.17) is 9.72 Å². The van der Waals surface area contributed by atoms with E-state index in [1.165, 1.54) is 17.5 Å². The first-order chi connectivity index (χ1) is 15.7. The van der Waals surface area contributed by atoms with Gasteiger partial charge in [-0.15, -0.1) is 0 Å². The summed E-state index contributed by atoms with van der Waals surface area (Å²) in [5, 5.41) is 0.569. The summed E-state index contributed by atoms with van der Waals surface area (Å²) in [5.74, 6) is 0.496. The third-order valence-electron chi connectivity index (χ3n) is 4.85. The maximum atomic E-state index is 13.6. The van der Waals surface area contributed by atoms with Crippen LogP contribution in [0.1, 0.15) is 23.1 Å². The SMILES string of the molecule is CCOc1ccc2nc(N(Cc3ccccn3)C(=O)c3cnc4ccccc4n3)sc2c1. The van der Waals surface area contributed by atoms with E-state index in [-0.39, 0.29) is 18.1 Å². The summed E-state index contributed by atoms with van der Waals surface area (Å²) in [6, 6.07) is 18.8. The number of anilines is 1. The predicted octanol–water partition coefficient (Wildman–Crippen LogP) is 4.88. The lowest BCUT2D eigenvalue weighted by atomic mass is 10.2. The fraction of sp³-hybridized carbons (Fsp3) is 0.125. The molecule has 0 bridgehead atoms. The van der Waals surface area contributed by atoms with Crippen LogP contribution in [-0.4, -0.2) is 32.4 Å².